The van der Waals surface area contributed by atoms with E-state index in [-0.39, 0.29) is 11.8 Å². The van der Waals surface area contributed by atoms with Gasteiger partial charge in [0.1, 0.15) is 12.4 Å². The summed E-state index contributed by atoms with van der Waals surface area (Å²) in [7, 11) is 0. The summed E-state index contributed by atoms with van der Waals surface area (Å²) in [5.41, 5.74) is 2.64. The fourth-order valence-corrected chi connectivity index (χ4v) is 3.57. The molecule has 27 heavy (non-hydrogen) atoms. The third kappa shape index (κ3) is 6.26. The number of amides is 1. The Labute approximate surface area is 166 Å². The second kappa shape index (κ2) is 9.77. The predicted molar refractivity (Wildman–Crippen MR) is 109 cm³/mol. The lowest BCUT2D eigenvalue weighted by Gasteiger charge is -2.31. The second-order valence-corrected chi connectivity index (χ2v) is 7.57. The zero-order valence-corrected chi connectivity index (χ0v) is 16.5. The molecule has 0 bridgehead atoms. The van der Waals surface area contributed by atoms with E-state index in [9.17, 15) is 4.79 Å². The quantitative estimate of drug-likeness (QED) is 0.730. The SMILES string of the molecule is Cc1cccc(CN2CCC(C(=O)NCCOc3ccc(Cl)cc3)CC2)c1. The highest BCUT2D eigenvalue weighted by molar-refractivity contribution is 6.30. The lowest BCUT2D eigenvalue weighted by Crippen LogP contribution is -2.41. The summed E-state index contributed by atoms with van der Waals surface area (Å²) in [5.74, 6) is 1.01. The highest BCUT2D eigenvalue weighted by atomic mass is 35.5. The Morgan fingerprint density at radius 1 is 1.19 bits per heavy atom. The van der Waals surface area contributed by atoms with Crippen LogP contribution < -0.4 is 10.1 Å². The average molecular weight is 387 g/mol. The molecular weight excluding hydrogens is 360 g/mol. The van der Waals surface area contributed by atoms with Crippen molar-refractivity contribution in [2.45, 2.75) is 26.3 Å². The molecule has 4 nitrogen and oxygen atoms in total. The number of halogens is 1. The summed E-state index contributed by atoms with van der Waals surface area (Å²) in [6.07, 6.45) is 1.82. The smallest absolute Gasteiger partial charge is 0.223 e. The van der Waals surface area contributed by atoms with Crippen molar-refractivity contribution in [1.82, 2.24) is 10.2 Å². The first-order valence-corrected chi connectivity index (χ1v) is 9.92. The zero-order valence-electron chi connectivity index (χ0n) is 15.8. The summed E-state index contributed by atoms with van der Waals surface area (Å²) >= 11 is 5.85. The number of nitrogens with one attached hydrogen (secondary N) is 1. The first kappa shape index (κ1) is 19.7. The van der Waals surface area contributed by atoms with Crippen LogP contribution in [0, 0.1) is 12.8 Å². The summed E-state index contributed by atoms with van der Waals surface area (Å²) in [6.45, 7) is 5.99. The van der Waals surface area contributed by atoms with Crippen molar-refractivity contribution in [2.24, 2.45) is 5.92 Å². The minimum absolute atomic E-state index is 0.106. The molecule has 1 heterocycles. The van der Waals surface area contributed by atoms with Crippen molar-refractivity contribution in [3.63, 3.8) is 0 Å². The number of piperidine rings is 1. The van der Waals surface area contributed by atoms with Gasteiger partial charge in [0.15, 0.2) is 0 Å². The molecule has 0 saturated carbocycles. The van der Waals surface area contributed by atoms with Gasteiger partial charge in [-0.25, -0.2) is 0 Å². The Hall–Kier alpha value is -2.04. The molecule has 1 saturated heterocycles. The third-order valence-corrected chi connectivity index (χ3v) is 5.18. The highest BCUT2D eigenvalue weighted by Gasteiger charge is 2.24. The van der Waals surface area contributed by atoms with Crippen LogP contribution in [0.4, 0.5) is 0 Å². The summed E-state index contributed by atoms with van der Waals surface area (Å²) < 4.78 is 5.61. The van der Waals surface area contributed by atoms with Crippen molar-refractivity contribution in [3.8, 4) is 5.75 Å². The van der Waals surface area contributed by atoms with Crippen molar-refractivity contribution in [2.75, 3.05) is 26.2 Å². The maximum absolute atomic E-state index is 12.4. The van der Waals surface area contributed by atoms with Gasteiger partial charge in [0.05, 0.1) is 6.54 Å². The number of carbonyl (C=O) groups excluding carboxylic acids is 1. The zero-order chi connectivity index (χ0) is 19.1. The lowest BCUT2D eigenvalue weighted by atomic mass is 9.95. The number of hydrogen-bond acceptors (Lipinski definition) is 3. The van der Waals surface area contributed by atoms with Crippen LogP contribution in [0.2, 0.25) is 5.02 Å². The topological polar surface area (TPSA) is 41.6 Å². The molecule has 0 unspecified atom stereocenters. The normalized spacial score (nSPS) is 15.5. The molecule has 1 aliphatic rings. The summed E-state index contributed by atoms with van der Waals surface area (Å²) in [6, 6.07) is 15.9. The van der Waals surface area contributed by atoms with Gasteiger partial charge in [-0.1, -0.05) is 41.4 Å². The minimum atomic E-state index is 0.106. The molecule has 0 atom stereocenters. The first-order valence-electron chi connectivity index (χ1n) is 9.54. The van der Waals surface area contributed by atoms with Gasteiger partial charge in [-0.3, -0.25) is 9.69 Å². The molecule has 0 aromatic heterocycles. The van der Waals surface area contributed by atoms with Crippen molar-refractivity contribution < 1.29 is 9.53 Å². The van der Waals surface area contributed by atoms with Crippen LogP contribution >= 0.6 is 11.6 Å². The van der Waals surface area contributed by atoms with Crippen LogP contribution in [0.15, 0.2) is 48.5 Å². The number of hydrogen-bond donors (Lipinski definition) is 1. The Kier molecular flexibility index (Phi) is 7.13. The molecule has 0 spiro atoms. The Morgan fingerprint density at radius 3 is 2.63 bits per heavy atom. The fourth-order valence-electron chi connectivity index (χ4n) is 3.44. The van der Waals surface area contributed by atoms with Crippen LogP contribution in [-0.2, 0) is 11.3 Å². The number of ether oxygens (including phenoxy) is 1. The molecule has 1 N–H and O–H groups in total. The number of likely N-dealkylation sites (tertiary alicyclic amines) is 1. The Bertz CT molecular complexity index is 740. The first-order chi connectivity index (χ1) is 13.1. The van der Waals surface area contributed by atoms with E-state index in [1.54, 1.807) is 12.1 Å². The molecule has 144 valence electrons. The third-order valence-electron chi connectivity index (χ3n) is 4.93. The van der Waals surface area contributed by atoms with Crippen LogP contribution in [0.3, 0.4) is 0 Å². The van der Waals surface area contributed by atoms with E-state index in [4.69, 9.17) is 16.3 Å². The molecular formula is C22H27ClN2O2. The number of nitrogens with zero attached hydrogens (tertiary/aromatic N) is 1. The maximum atomic E-state index is 12.4. The molecule has 1 fully saturated rings. The van der Waals surface area contributed by atoms with Gasteiger partial charge in [0.25, 0.3) is 0 Å². The van der Waals surface area contributed by atoms with E-state index >= 15 is 0 Å². The van der Waals surface area contributed by atoms with E-state index in [2.05, 4.69) is 41.4 Å². The number of aryl methyl sites for hydroxylation is 1. The second-order valence-electron chi connectivity index (χ2n) is 7.13. The molecule has 2 aromatic carbocycles. The van der Waals surface area contributed by atoms with E-state index in [0.717, 1.165) is 38.2 Å². The Morgan fingerprint density at radius 2 is 1.93 bits per heavy atom. The van der Waals surface area contributed by atoms with Gasteiger partial charge in [-0.2, -0.15) is 0 Å². The summed E-state index contributed by atoms with van der Waals surface area (Å²) in [4.78, 5) is 14.8. The van der Waals surface area contributed by atoms with E-state index in [0.29, 0.717) is 18.2 Å². The largest absolute Gasteiger partial charge is 0.492 e. The predicted octanol–water partition coefficient (Wildman–Crippen LogP) is 4.06. The van der Waals surface area contributed by atoms with Gasteiger partial charge < -0.3 is 10.1 Å². The highest BCUT2D eigenvalue weighted by Crippen LogP contribution is 2.20. The van der Waals surface area contributed by atoms with Gasteiger partial charge in [0, 0.05) is 17.5 Å². The molecule has 1 aliphatic heterocycles. The van der Waals surface area contributed by atoms with Gasteiger partial charge in [-0.15, -0.1) is 0 Å². The minimum Gasteiger partial charge on any atom is -0.492 e. The number of rotatable bonds is 7. The van der Waals surface area contributed by atoms with Crippen LogP contribution in [-0.4, -0.2) is 37.0 Å². The number of carbonyl (C=O) groups is 1. The molecule has 0 radical (unpaired) electrons. The maximum Gasteiger partial charge on any atom is 0.223 e. The standard InChI is InChI=1S/C22H27ClN2O2/c1-17-3-2-4-18(15-17)16-25-12-9-19(10-13-25)22(26)24-11-14-27-21-7-5-20(23)6-8-21/h2-8,15,19H,9-14,16H2,1H3,(H,24,26). The van der Waals surface area contributed by atoms with E-state index in [1.165, 1.54) is 11.1 Å². The average Bonchev–Trinajstić information content (AvgIpc) is 2.67. The number of benzene rings is 2. The molecule has 2 aromatic rings. The van der Waals surface area contributed by atoms with Crippen molar-refractivity contribution in [3.05, 3.63) is 64.7 Å². The lowest BCUT2D eigenvalue weighted by molar-refractivity contribution is -0.126. The van der Waals surface area contributed by atoms with Crippen LogP contribution in [0.5, 0.6) is 5.75 Å². The molecule has 5 heteroatoms. The van der Waals surface area contributed by atoms with Gasteiger partial charge in [-0.05, 0) is 62.7 Å². The monoisotopic (exact) mass is 386 g/mol. The molecule has 3 rings (SSSR count). The van der Waals surface area contributed by atoms with Crippen LogP contribution in [0.1, 0.15) is 24.0 Å². The van der Waals surface area contributed by atoms with Crippen molar-refractivity contribution in [1.29, 1.82) is 0 Å². The van der Waals surface area contributed by atoms with Crippen LogP contribution in [0.25, 0.3) is 0 Å². The van der Waals surface area contributed by atoms with Gasteiger partial charge >= 0.3 is 0 Å². The fraction of sp³-hybridized carbons (Fsp3) is 0.409. The van der Waals surface area contributed by atoms with E-state index < -0.39 is 0 Å². The Balaban J connectivity index is 1.34. The van der Waals surface area contributed by atoms with Crippen molar-refractivity contribution >= 4 is 17.5 Å². The molecule has 0 aliphatic carbocycles. The summed E-state index contributed by atoms with van der Waals surface area (Å²) in [5, 5.41) is 3.68. The van der Waals surface area contributed by atoms with Gasteiger partial charge in [0.2, 0.25) is 5.91 Å². The molecule has 1 amide bonds. The van der Waals surface area contributed by atoms with E-state index in [1.807, 2.05) is 12.1 Å².